The third-order valence-corrected chi connectivity index (χ3v) is 4.35. The second-order valence-corrected chi connectivity index (χ2v) is 5.53. The fourth-order valence-electron chi connectivity index (χ4n) is 3.30. The maximum atomic E-state index is 12.8. The molecule has 102 valence electrons. The van der Waals surface area contributed by atoms with Crippen molar-refractivity contribution >= 4 is 11.7 Å². The van der Waals surface area contributed by atoms with Crippen molar-refractivity contribution in [3.05, 3.63) is 47.5 Å². The van der Waals surface area contributed by atoms with Crippen LogP contribution in [0.2, 0.25) is 0 Å². The van der Waals surface area contributed by atoms with Crippen molar-refractivity contribution in [1.29, 1.82) is 0 Å². The second kappa shape index (κ2) is 4.47. The number of nitrogens with zero attached hydrogens (tertiary/aromatic N) is 3. The summed E-state index contributed by atoms with van der Waals surface area (Å²) >= 11 is 0. The monoisotopic (exact) mass is 267 g/mol. The molecule has 0 atom stereocenters. The number of rotatable bonds is 0. The number of aromatic nitrogens is 2. The van der Waals surface area contributed by atoms with Crippen molar-refractivity contribution in [2.75, 3.05) is 11.4 Å². The molecule has 1 aromatic carbocycles. The van der Waals surface area contributed by atoms with E-state index in [4.69, 9.17) is 0 Å². The normalized spacial score (nSPS) is 16.9. The molecule has 2 aromatic rings. The van der Waals surface area contributed by atoms with Gasteiger partial charge < -0.3 is 0 Å². The maximum absolute atomic E-state index is 12.8. The molecule has 0 saturated heterocycles. The standard InChI is InChI=1S/C16H17N3O/c20-16(18-10-9-12-5-1-3-7-14(12)18)19-11-17-13-6-2-4-8-15(13)19/h1,3,5,7,11H,2,4,6,8-10H2. The van der Waals surface area contributed by atoms with Gasteiger partial charge in [0.25, 0.3) is 0 Å². The smallest absolute Gasteiger partial charge is 0.293 e. The van der Waals surface area contributed by atoms with Crippen molar-refractivity contribution < 1.29 is 4.79 Å². The molecule has 4 rings (SSSR count). The largest absolute Gasteiger partial charge is 0.334 e. The molecule has 0 fully saturated rings. The molecule has 0 radical (unpaired) electrons. The predicted molar refractivity (Wildman–Crippen MR) is 77.2 cm³/mol. The molecule has 0 bridgehead atoms. The van der Waals surface area contributed by atoms with E-state index in [-0.39, 0.29) is 6.03 Å². The molecule has 0 N–H and O–H groups in total. The number of carbonyl (C=O) groups is 1. The van der Waals surface area contributed by atoms with E-state index in [1.165, 1.54) is 12.0 Å². The number of fused-ring (bicyclic) bond motifs is 2. The molecule has 1 amide bonds. The van der Waals surface area contributed by atoms with E-state index < -0.39 is 0 Å². The molecule has 1 aromatic heterocycles. The highest BCUT2D eigenvalue weighted by molar-refractivity contribution is 5.96. The van der Waals surface area contributed by atoms with Gasteiger partial charge in [-0.05, 0) is 43.7 Å². The number of imidazole rings is 1. The van der Waals surface area contributed by atoms with Gasteiger partial charge in [0.15, 0.2) is 0 Å². The van der Waals surface area contributed by atoms with E-state index in [1.54, 1.807) is 10.9 Å². The Balaban J connectivity index is 1.70. The Bertz CT molecular complexity index is 674. The number of anilines is 1. The zero-order chi connectivity index (χ0) is 13.5. The second-order valence-electron chi connectivity index (χ2n) is 5.53. The number of benzene rings is 1. The maximum Gasteiger partial charge on any atom is 0.334 e. The van der Waals surface area contributed by atoms with E-state index in [1.807, 2.05) is 23.1 Å². The van der Waals surface area contributed by atoms with E-state index in [9.17, 15) is 4.79 Å². The molecular formula is C16H17N3O. The summed E-state index contributed by atoms with van der Waals surface area (Å²) in [4.78, 5) is 19.1. The number of para-hydroxylation sites is 1. The van der Waals surface area contributed by atoms with Gasteiger partial charge in [-0.1, -0.05) is 18.2 Å². The minimum absolute atomic E-state index is 0.0469. The Morgan fingerprint density at radius 2 is 1.95 bits per heavy atom. The Hall–Kier alpha value is -2.10. The van der Waals surface area contributed by atoms with Crippen molar-refractivity contribution in [2.24, 2.45) is 0 Å². The summed E-state index contributed by atoms with van der Waals surface area (Å²) in [5, 5.41) is 0. The number of aryl methyl sites for hydroxylation is 1. The lowest BCUT2D eigenvalue weighted by atomic mass is 10.0. The van der Waals surface area contributed by atoms with E-state index in [0.717, 1.165) is 49.3 Å². The molecule has 0 saturated carbocycles. The SMILES string of the molecule is O=C(N1CCc2ccccc21)n1cnc2c1CCCC2. The van der Waals surface area contributed by atoms with Crippen LogP contribution in [0.5, 0.6) is 0 Å². The number of hydrogen-bond acceptors (Lipinski definition) is 2. The quantitative estimate of drug-likeness (QED) is 0.736. The minimum atomic E-state index is 0.0469. The van der Waals surface area contributed by atoms with Crippen LogP contribution in [0.15, 0.2) is 30.6 Å². The molecule has 2 aliphatic rings. The highest BCUT2D eigenvalue weighted by atomic mass is 16.2. The molecule has 20 heavy (non-hydrogen) atoms. The van der Waals surface area contributed by atoms with Gasteiger partial charge in [0, 0.05) is 12.2 Å². The van der Waals surface area contributed by atoms with Crippen LogP contribution in [-0.4, -0.2) is 22.1 Å². The molecule has 0 unspecified atom stereocenters. The van der Waals surface area contributed by atoms with Crippen LogP contribution < -0.4 is 4.90 Å². The Labute approximate surface area is 118 Å². The average molecular weight is 267 g/mol. The van der Waals surface area contributed by atoms with Crippen molar-refractivity contribution in [3.63, 3.8) is 0 Å². The third kappa shape index (κ3) is 1.68. The van der Waals surface area contributed by atoms with Crippen molar-refractivity contribution in [2.45, 2.75) is 32.1 Å². The van der Waals surface area contributed by atoms with Gasteiger partial charge in [0.05, 0.1) is 11.4 Å². The van der Waals surface area contributed by atoms with Crippen LogP contribution in [0.3, 0.4) is 0 Å². The molecule has 0 spiro atoms. The third-order valence-electron chi connectivity index (χ3n) is 4.35. The first-order valence-electron chi connectivity index (χ1n) is 7.29. The summed E-state index contributed by atoms with van der Waals surface area (Å²) in [6, 6.07) is 8.21. The van der Waals surface area contributed by atoms with Gasteiger partial charge in [0.2, 0.25) is 0 Å². The number of carbonyl (C=O) groups excluding carboxylic acids is 1. The molecule has 2 heterocycles. The topological polar surface area (TPSA) is 38.1 Å². The number of hydrogen-bond donors (Lipinski definition) is 0. The van der Waals surface area contributed by atoms with Crippen LogP contribution in [0.4, 0.5) is 10.5 Å². The van der Waals surface area contributed by atoms with Crippen LogP contribution in [0.25, 0.3) is 0 Å². The van der Waals surface area contributed by atoms with E-state index in [0.29, 0.717) is 0 Å². The lowest BCUT2D eigenvalue weighted by Crippen LogP contribution is -2.34. The van der Waals surface area contributed by atoms with Crippen LogP contribution in [-0.2, 0) is 19.3 Å². The van der Waals surface area contributed by atoms with Crippen molar-refractivity contribution in [3.8, 4) is 0 Å². The van der Waals surface area contributed by atoms with Gasteiger partial charge in [-0.15, -0.1) is 0 Å². The summed E-state index contributed by atoms with van der Waals surface area (Å²) in [7, 11) is 0. The van der Waals surface area contributed by atoms with Crippen LogP contribution >= 0.6 is 0 Å². The molecule has 1 aliphatic heterocycles. The van der Waals surface area contributed by atoms with Gasteiger partial charge in [-0.3, -0.25) is 9.47 Å². The number of amides is 1. The summed E-state index contributed by atoms with van der Waals surface area (Å²) in [6.45, 7) is 0.769. The lowest BCUT2D eigenvalue weighted by Gasteiger charge is -2.20. The average Bonchev–Trinajstić information content (AvgIpc) is 3.11. The molecule has 1 aliphatic carbocycles. The first-order valence-corrected chi connectivity index (χ1v) is 7.29. The van der Waals surface area contributed by atoms with E-state index >= 15 is 0 Å². The highest BCUT2D eigenvalue weighted by Crippen LogP contribution is 2.29. The van der Waals surface area contributed by atoms with Gasteiger partial charge >= 0.3 is 6.03 Å². The molecular weight excluding hydrogens is 250 g/mol. The van der Waals surface area contributed by atoms with Crippen molar-refractivity contribution in [1.82, 2.24) is 9.55 Å². The van der Waals surface area contributed by atoms with Gasteiger partial charge in [0.1, 0.15) is 6.33 Å². The fourth-order valence-corrected chi connectivity index (χ4v) is 3.30. The highest BCUT2D eigenvalue weighted by Gasteiger charge is 2.28. The van der Waals surface area contributed by atoms with E-state index in [2.05, 4.69) is 11.1 Å². The zero-order valence-electron chi connectivity index (χ0n) is 11.4. The Morgan fingerprint density at radius 1 is 1.10 bits per heavy atom. The fraction of sp³-hybridized carbons (Fsp3) is 0.375. The van der Waals surface area contributed by atoms with Crippen LogP contribution in [0, 0.1) is 0 Å². The summed E-state index contributed by atoms with van der Waals surface area (Å²) in [5.74, 6) is 0. The molecule has 4 nitrogen and oxygen atoms in total. The zero-order valence-corrected chi connectivity index (χ0v) is 11.4. The van der Waals surface area contributed by atoms with Crippen LogP contribution in [0.1, 0.15) is 29.8 Å². The Morgan fingerprint density at radius 3 is 2.90 bits per heavy atom. The van der Waals surface area contributed by atoms with Gasteiger partial charge in [-0.2, -0.15) is 0 Å². The first kappa shape index (κ1) is 11.7. The summed E-state index contributed by atoms with van der Waals surface area (Å²) in [6.07, 6.45) is 6.97. The predicted octanol–water partition coefficient (Wildman–Crippen LogP) is 2.79. The first-order chi connectivity index (χ1) is 9.84. The lowest BCUT2D eigenvalue weighted by molar-refractivity contribution is 0.247. The Kier molecular flexibility index (Phi) is 2.62. The minimum Gasteiger partial charge on any atom is -0.293 e. The van der Waals surface area contributed by atoms with Gasteiger partial charge in [-0.25, -0.2) is 9.78 Å². The molecule has 4 heteroatoms. The summed E-state index contributed by atoms with van der Waals surface area (Å²) in [5.41, 5.74) is 4.54. The summed E-state index contributed by atoms with van der Waals surface area (Å²) < 4.78 is 1.76.